The Kier molecular flexibility index (Phi) is 5.95. The maximum atomic E-state index is 12.9. The second-order valence-corrected chi connectivity index (χ2v) is 9.29. The van der Waals surface area contributed by atoms with Crippen LogP contribution in [0.15, 0.2) is 29.6 Å². The topological polar surface area (TPSA) is 91.0 Å². The minimum absolute atomic E-state index is 0.113. The minimum atomic E-state index is -0.570. The van der Waals surface area contributed by atoms with Gasteiger partial charge in [-0.1, -0.05) is 12.1 Å². The highest BCUT2D eigenvalue weighted by Gasteiger charge is 2.40. The van der Waals surface area contributed by atoms with Crippen molar-refractivity contribution in [3.63, 3.8) is 0 Å². The molecule has 0 radical (unpaired) electrons. The van der Waals surface area contributed by atoms with Crippen LogP contribution in [0.3, 0.4) is 0 Å². The third kappa shape index (κ3) is 4.28. The number of thiophene rings is 1. The van der Waals surface area contributed by atoms with Gasteiger partial charge in [0.25, 0.3) is 5.91 Å². The Balaban J connectivity index is 1.19. The Labute approximate surface area is 190 Å². The van der Waals surface area contributed by atoms with Gasteiger partial charge >= 0.3 is 0 Å². The second kappa shape index (κ2) is 9.01. The van der Waals surface area contributed by atoms with Crippen molar-refractivity contribution in [2.75, 3.05) is 31.6 Å². The first-order chi connectivity index (χ1) is 15.6. The van der Waals surface area contributed by atoms with Crippen molar-refractivity contribution >= 4 is 34.7 Å². The molecule has 0 bridgehead atoms. The fourth-order valence-electron chi connectivity index (χ4n) is 4.47. The van der Waals surface area contributed by atoms with Crippen LogP contribution in [0.2, 0.25) is 0 Å². The first kappa shape index (κ1) is 21.1. The molecular weight excluding hydrogens is 428 g/mol. The van der Waals surface area contributed by atoms with E-state index in [1.54, 1.807) is 4.90 Å². The average Bonchev–Trinajstić information content (AvgIpc) is 3.34. The zero-order valence-electron chi connectivity index (χ0n) is 17.8. The number of carbonyl (C=O) groups is 3. The number of fused-ring (bicyclic) bond motifs is 1. The van der Waals surface area contributed by atoms with Crippen molar-refractivity contribution in [2.45, 2.75) is 38.5 Å². The van der Waals surface area contributed by atoms with Crippen LogP contribution in [0, 0.1) is 0 Å². The Morgan fingerprint density at radius 1 is 1.12 bits per heavy atom. The molecule has 2 fully saturated rings. The highest BCUT2D eigenvalue weighted by molar-refractivity contribution is 7.12. The number of hydrogen-bond donors (Lipinski definition) is 2. The quantitative estimate of drug-likeness (QED) is 0.649. The van der Waals surface area contributed by atoms with Gasteiger partial charge < -0.3 is 15.0 Å². The zero-order valence-corrected chi connectivity index (χ0v) is 18.6. The molecular formula is C23H26N4O4S. The lowest BCUT2D eigenvalue weighted by atomic mass is 10.0. The number of amides is 3. The second-order valence-electron chi connectivity index (χ2n) is 8.41. The first-order valence-corrected chi connectivity index (χ1v) is 11.8. The molecule has 32 heavy (non-hydrogen) atoms. The number of rotatable bonds is 6. The van der Waals surface area contributed by atoms with Gasteiger partial charge in [-0.25, -0.2) is 0 Å². The van der Waals surface area contributed by atoms with Crippen LogP contribution in [-0.4, -0.2) is 59.9 Å². The average molecular weight is 455 g/mol. The van der Waals surface area contributed by atoms with Gasteiger partial charge in [-0.05, 0) is 35.1 Å². The van der Waals surface area contributed by atoms with Crippen molar-refractivity contribution in [1.29, 1.82) is 0 Å². The summed E-state index contributed by atoms with van der Waals surface area (Å²) in [5.74, 6) is -0.756. The van der Waals surface area contributed by atoms with E-state index < -0.39 is 6.04 Å². The van der Waals surface area contributed by atoms with Gasteiger partial charge in [0.2, 0.25) is 11.8 Å². The molecule has 4 heterocycles. The SMILES string of the molecule is O=C1CCC(N2Cc3c(CNc4ccc(CN5CCOCC5)cc4)csc3C2=O)C(=O)N1. The van der Waals surface area contributed by atoms with Gasteiger partial charge in [-0.15, -0.1) is 11.3 Å². The molecule has 3 amide bonds. The van der Waals surface area contributed by atoms with E-state index in [1.807, 2.05) is 5.38 Å². The fourth-order valence-corrected chi connectivity index (χ4v) is 5.51. The summed E-state index contributed by atoms with van der Waals surface area (Å²) in [4.78, 5) is 41.2. The third-order valence-corrected chi connectivity index (χ3v) is 7.36. The van der Waals surface area contributed by atoms with Crippen LogP contribution < -0.4 is 10.6 Å². The van der Waals surface area contributed by atoms with Gasteiger partial charge in [0.15, 0.2) is 0 Å². The summed E-state index contributed by atoms with van der Waals surface area (Å²) in [6.45, 7) is 5.50. The molecule has 1 unspecified atom stereocenters. The summed E-state index contributed by atoms with van der Waals surface area (Å²) in [6.07, 6.45) is 0.652. The van der Waals surface area contributed by atoms with E-state index in [0.29, 0.717) is 24.4 Å². The van der Waals surface area contributed by atoms with E-state index in [2.05, 4.69) is 39.8 Å². The number of morpholine rings is 1. The van der Waals surface area contributed by atoms with Gasteiger partial charge in [-0.3, -0.25) is 24.6 Å². The molecule has 168 valence electrons. The molecule has 2 saturated heterocycles. The van der Waals surface area contributed by atoms with Gasteiger partial charge in [0, 0.05) is 50.4 Å². The van der Waals surface area contributed by atoms with Crippen LogP contribution in [0.1, 0.15) is 39.2 Å². The van der Waals surface area contributed by atoms with Crippen molar-refractivity contribution in [3.8, 4) is 0 Å². The molecule has 5 rings (SSSR count). The van der Waals surface area contributed by atoms with Crippen molar-refractivity contribution in [3.05, 3.63) is 51.2 Å². The molecule has 2 N–H and O–H groups in total. The molecule has 2 aromatic rings. The predicted molar refractivity (Wildman–Crippen MR) is 120 cm³/mol. The highest BCUT2D eigenvalue weighted by Crippen LogP contribution is 2.34. The molecule has 0 aliphatic carbocycles. The van der Waals surface area contributed by atoms with E-state index in [0.717, 1.165) is 49.7 Å². The Morgan fingerprint density at radius 3 is 2.66 bits per heavy atom. The molecule has 9 heteroatoms. The molecule has 1 atom stereocenters. The van der Waals surface area contributed by atoms with Crippen LogP contribution >= 0.6 is 11.3 Å². The van der Waals surface area contributed by atoms with Gasteiger partial charge in [0.05, 0.1) is 18.1 Å². The lowest BCUT2D eigenvalue weighted by Crippen LogP contribution is -2.52. The van der Waals surface area contributed by atoms with E-state index in [1.165, 1.54) is 16.9 Å². The normalized spacial score (nSPS) is 21.6. The smallest absolute Gasteiger partial charge is 0.265 e. The van der Waals surface area contributed by atoms with Crippen LogP contribution in [0.4, 0.5) is 5.69 Å². The van der Waals surface area contributed by atoms with Crippen molar-refractivity contribution in [1.82, 2.24) is 15.1 Å². The summed E-state index contributed by atoms with van der Waals surface area (Å²) < 4.78 is 5.40. The van der Waals surface area contributed by atoms with E-state index in [4.69, 9.17) is 4.74 Å². The highest BCUT2D eigenvalue weighted by atomic mass is 32.1. The van der Waals surface area contributed by atoms with E-state index >= 15 is 0 Å². The third-order valence-electron chi connectivity index (χ3n) is 6.30. The summed E-state index contributed by atoms with van der Waals surface area (Å²) in [5, 5.41) is 7.82. The van der Waals surface area contributed by atoms with Crippen LogP contribution in [-0.2, 0) is 34.0 Å². The molecule has 1 aromatic carbocycles. The number of benzene rings is 1. The fraction of sp³-hybridized carbons (Fsp3) is 0.435. The molecule has 8 nitrogen and oxygen atoms in total. The minimum Gasteiger partial charge on any atom is -0.381 e. The standard InChI is InChI=1S/C23H26N4O4S/c28-20-6-5-19(22(29)25-20)27-13-18-16(14-32-21(18)23(27)30)11-24-17-3-1-15(2-4-17)12-26-7-9-31-10-8-26/h1-4,14,19,24H,5-13H2,(H,25,28,29). The maximum absolute atomic E-state index is 12.9. The van der Waals surface area contributed by atoms with Gasteiger partial charge in [0.1, 0.15) is 6.04 Å². The zero-order chi connectivity index (χ0) is 22.1. The van der Waals surface area contributed by atoms with Gasteiger partial charge in [-0.2, -0.15) is 0 Å². The maximum Gasteiger partial charge on any atom is 0.265 e. The molecule has 3 aliphatic rings. The number of hydrogen-bond acceptors (Lipinski definition) is 7. The summed E-state index contributed by atoms with van der Waals surface area (Å²) in [6, 6.07) is 7.89. The monoisotopic (exact) mass is 454 g/mol. The Hall–Kier alpha value is -2.75. The number of nitrogens with zero attached hydrogens (tertiary/aromatic N) is 2. The Bertz CT molecular complexity index is 1030. The first-order valence-electron chi connectivity index (χ1n) is 11.0. The number of anilines is 1. The predicted octanol–water partition coefficient (Wildman–Crippen LogP) is 1.95. The number of imide groups is 1. The van der Waals surface area contributed by atoms with E-state index in [-0.39, 0.29) is 24.1 Å². The summed E-state index contributed by atoms with van der Waals surface area (Å²) in [7, 11) is 0. The molecule has 1 aromatic heterocycles. The number of nitrogens with one attached hydrogen (secondary N) is 2. The lowest BCUT2D eigenvalue weighted by Gasteiger charge is -2.29. The number of piperidine rings is 1. The summed E-state index contributed by atoms with van der Waals surface area (Å²) in [5.41, 5.74) is 4.37. The van der Waals surface area contributed by atoms with Crippen LogP contribution in [0.25, 0.3) is 0 Å². The molecule has 3 aliphatic heterocycles. The Morgan fingerprint density at radius 2 is 1.91 bits per heavy atom. The van der Waals surface area contributed by atoms with E-state index in [9.17, 15) is 14.4 Å². The van der Waals surface area contributed by atoms with Crippen LogP contribution in [0.5, 0.6) is 0 Å². The summed E-state index contributed by atoms with van der Waals surface area (Å²) >= 11 is 1.43. The molecule has 0 saturated carbocycles. The lowest BCUT2D eigenvalue weighted by molar-refractivity contribution is -0.136. The molecule has 0 spiro atoms. The van der Waals surface area contributed by atoms with Crippen molar-refractivity contribution in [2.24, 2.45) is 0 Å². The number of carbonyl (C=O) groups excluding carboxylic acids is 3. The van der Waals surface area contributed by atoms with Crippen molar-refractivity contribution < 1.29 is 19.1 Å². The largest absolute Gasteiger partial charge is 0.381 e. The number of ether oxygens (including phenoxy) is 1.